The van der Waals surface area contributed by atoms with Crippen LogP contribution in [0.3, 0.4) is 0 Å². The Labute approximate surface area is 238 Å². The van der Waals surface area contributed by atoms with E-state index in [1.807, 2.05) is 65.6 Å². The summed E-state index contributed by atoms with van der Waals surface area (Å²) in [6.07, 6.45) is 0.669. The Kier molecular flexibility index (Phi) is 7.80. The zero-order valence-corrected chi connectivity index (χ0v) is 24.1. The smallest absolute Gasteiger partial charge is 0.250 e. The molecule has 2 saturated heterocycles. The quantitative estimate of drug-likeness (QED) is 0.405. The molecule has 1 spiro atoms. The van der Waals surface area contributed by atoms with Crippen molar-refractivity contribution in [2.45, 2.75) is 29.8 Å². The minimum Gasteiger partial charge on any atom is -0.340 e. The normalized spacial score (nSPS) is 17.5. The van der Waals surface area contributed by atoms with Crippen LogP contribution in [0.1, 0.15) is 18.4 Å². The Bertz CT molecular complexity index is 1430. The van der Waals surface area contributed by atoms with Crippen molar-refractivity contribution in [1.29, 1.82) is 0 Å². The minimum absolute atomic E-state index is 0.0336. The largest absolute Gasteiger partial charge is 0.340 e. The highest BCUT2D eigenvalue weighted by molar-refractivity contribution is 9.10. The molecule has 0 N–H and O–H groups in total. The lowest BCUT2D eigenvalue weighted by Gasteiger charge is -2.42. The number of halogens is 1. The maximum Gasteiger partial charge on any atom is 0.250 e. The second-order valence-corrected chi connectivity index (χ2v) is 12.9. The molecule has 2 aliphatic rings. The number of para-hydroxylation sites is 1. The van der Waals surface area contributed by atoms with Crippen LogP contribution in [-0.4, -0.2) is 73.2 Å². The molecule has 5 rings (SSSR count). The summed E-state index contributed by atoms with van der Waals surface area (Å²) >= 11 is 3.35. The van der Waals surface area contributed by atoms with Crippen molar-refractivity contribution in [3.63, 3.8) is 0 Å². The Hall–Kier alpha value is -3.21. The van der Waals surface area contributed by atoms with E-state index in [0.717, 1.165) is 15.7 Å². The maximum atomic E-state index is 14.0. The summed E-state index contributed by atoms with van der Waals surface area (Å²) in [4.78, 5) is 32.7. The Balaban J connectivity index is 1.35. The molecule has 39 heavy (non-hydrogen) atoms. The first-order valence-electron chi connectivity index (χ1n) is 12.9. The van der Waals surface area contributed by atoms with E-state index in [2.05, 4.69) is 15.9 Å². The second-order valence-electron chi connectivity index (χ2n) is 10.0. The van der Waals surface area contributed by atoms with E-state index in [-0.39, 0.29) is 43.0 Å². The van der Waals surface area contributed by atoms with Crippen LogP contribution in [-0.2, 0) is 26.2 Å². The zero-order chi connectivity index (χ0) is 27.6. The van der Waals surface area contributed by atoms with Crippen molar-refractivity contribution >= 4 is 43.5 Å². The Morgan fingerprint density at radius 2 is 1.51 bits per heavy atom. The monoisotopic (exact) mass is 610 g/mol. The molecule has 204 valence electrons. The van der Waals surface area contributed by atoms with Gasteiger partial charge in [0, 0.05) is 36.8 Å². The molecule has 0 aromatic heterocycles. The highest BCUT2D eigenvalue weighted by Crippen LogP contribution is 2.40. The average molecular weight is 612 g/mol. The molecule has 0 radical (unpaired) electrons. The molecule has 8 nitrogen and oxygen atoms in total. The lowest BCUT2D eigenvalue weighted by molar-refractivity contribution is -0.140. The number of amides is 2. The van der Waals surface area contributed by atoms with Gasteiger partial charge in [-0.1, -0.05) is 64.5 Å². The van der Waals surface area contributed by atoms with Crippen molar-refractivity contribution in [2.24, 2.45) is 0 Å². The molecule has 0 atom stereocenters. The Morgan fingerprint density at radius 3 is 2.13 bits per heavy atom. The van der Waals surface area contributed by atoms with Gasteiger partial charge in [0.05, 0.1) is 11.6 Å². The number of piperidine rings is 1. The number of hydrogen-bond acceptors (Lipinski definition) is 5. The number of hydrogen-bond donors (Lipinski definition) is 0. The maximum absolute atomic E-state index is 14.0. The first-order chi connectivity index (χ1) is 18.7. The summed E-state index contributed by atoms with van der Waals surface area (Å²) in [6, 6.07) is 26.0. The summed E-state index contributed by atoms with van der Waals surface area (Å²) in [7, 11) is -1.95. The predicted molar refractivity (Wildman–Crippen MR) is 153 cm³/mol. The van der Waals surface area contributed by atoms with Crippen LogP contribution in [0.15, 0.2) is 94.3 Å². The van der Waals surface area contributed by atoms with E-state index in [1.54, 1.807) is 41.1 Å². The van der Waals surface area contributed by atoms with Gasteiger partial charge < -0.3 is 14.7 Å². The van der Waals surface area contributed by atoms with Gasteiger partial charge in [0.15, 0.2) is 0 Å². The van der Waals surface area contributed by atoms with Crippen LogP contribution >= 0.6 is 15.9 Å². The van der Waals surface area contributed by atoms with Gasteiger partial charge in [-0.05, 0) is 54.8 Å². The third kappa shape index (κ3) is 5.46. The molecular weight excluding hydrogens is 580 g/mol. The molecule has 3 aromatic rings. The van der Waals surface area contributed by atoms with Crippen LogP contribution in [0.25, 0.3) is 0 Å². The molecule has 0 unspecified atom stereocenters. The van der Waals surface area contributed by atoms with Gasteiger partial charge in [-0.3, -0.25) is 9.59 Å². The van der Waals surface area contributed by atoms with Crippen LogP contribution in [0.5, 0.6) is 0 Å². The van der Waals surface area contributed by atoms with Gasteiger partial charge in [0.2, 0.25) is 21.8 Å². The van der Waals surface area contributed by atoms with Crippen molar-refractivity contribution in [3.05, 3.63) is 95.0 Å². The van der Waals surface area contributed by atoms with Crippen molar-refractivity contribution in [1.82, 2.24) is 14.1 Å². The first-order valence-corrected chi connectivity index (χ1v) is 15.1. The fraction of sp³-hybridized carbons (Fsp3) is 0.310. The predicted octanol–water partition coefficient (Wildman–Crippen LogP) is 3.94. The molecular formula is C29H31BrN4O4S. The lowest BCUT2D eigenvalue weighted by atomic mass is 9.86. The average Bonchev–Trinajstić information content (AvgIpc) is 3.20. The molecule has 2 heterocycles. The summed E-state index contributed by atoms with van der Waals surface area (Å²) in [6.45, 7) is 1.12. The van der Waals surface area contributed by atoms with Crippen LogP contribution in [0.4, 0.5) is 5.69 Å². The highest BCUT2D eigenvalue weighted by Gasteiger charge is 2.55. The van der Waals surface area contributed by atoms with Crippen molar-refractivity contribution in [2.75, 3.05) is 38.3 Å². The standard InChI is InChI=1S/C29H31BrN4O4S/c1-31(20-23-8-4-2-5-9-23)27(35)21-32-22-34(25-10-6-3-7-11-25)29(28(32)36)16-18-33(19-17-29)39(37,38)26-14-12-24(30)13-15-26/h2-15H,16-22H2,1H3. The summed E-state index contributed by atoms with van der Waals surface area (Å²) in [5.74, 6) is -0.277. The first kappa shape index (κ1) is 27.4. The van der Waals surface area contributed by atoms with E-state index in [0.29, 0.717) is 19.4 Å². The van der Waals surface area contributed by atoms with Gasteiger partial charge in [-0.25, -0.2) is 8.42 Å². The molecule has 2 amide bonds. The molecule has 0 saturated carbocycles. The van der Waals surface area contributed by atoms with Crippen LogP contribution in [0, 0.1) is 0 Å². The van der Waals surface area contributed by atoms with Crippen molar-refractivity contribution in [3.8, 4) is 0 Å². The molecule has 3 aromatic carbocycles. The van der Waals surface area contributed by atoms with E-state index >= 15 is 0 Å². The topological polar surface area (TPSA) is 81.2 Å². The fourth-order valence-electron chi connectivity index (χ4n) is 5.40. The lowest BCUT2D eigenvalue weighted by Crippen LogP contribution is -2.57. The molecule has 10 heteroatoms. The Morgan fingerprint density at radius 1 is 0.923 bits per heavy atom. The van der Waals surface area contributed by atoms with Gasteiger partial charge in [-0.2, -0.15) is 4.31 Å². The van der Waals surface area contributed by atoms with Gasteiger partial charge >= 0.3 is 0 Å². The number of nitrogens with zero attached hydrogens (tertiary/aromatic N) is 4. The third-order valence-electron chi connectivity index (χ3n) is 7.60. The van der Waals surface area contributed by atoms with Crippen molar-refractivity contribution < 1.29 is 18.0 Å². The summed E-state index contributed by atoms with van der Waals surface area (Å²) in [5.41, 5.74) is 0.983. The number of anilines is 1. The summed E-state index contributed by atoms with van der Waals surface area (Å²) < 4.78 is 28.9. The number of rotatable bonds is 7. The molecule has 2 fully saturated rings. The molecule has 2 aliphatic heterocycles. The number of carbonyl (C=O) groups is 2. The van der Waals surface area contributed by atoms with Gasteiger partial charge in [-0.15, -0.1) is 0 Å². The number of benzene rings is 3. The van der Waals surface area contributed by atoms with Gasteiger partial charge in [0.1, 0.15) is 12.1 Å². The number of likely N-dealkylation sites (N-methyl/N-ethyl adjacent to an activating group) is 1. The zero-order valence-electron chi connectivity index (χ0n) is 21.7. The minimum atomic E-state index is -3.69. The molecule has 0 bridgehead atoms. The van der Waals surface area contributed by atoms with Gasteiger partial charge in [0.25, 0.3) is 0 Å². The van der Waals surface area contributed by atoms with E-state index < -0.39 is 15.6 Å². The van der Waals surface area contributed by atoms with Crippen LogP contribution in [0.2, 0.25) is 0 Å². The van der Waals surface area contributed by atoms with E-state index in [9.17, 15) is 18.0 Å². The number of sulfonamides is 1. The molecule has 0 aliphatic carbocycles. The van der Waals surface area contributed by atoms with Crippen LogP contribution < -0.4 is 4.90 Å². The fourth-order valence-corrected chi connectivity index (χ4v) is 7.11. The van der Waals surface area contributed by atoms with E-state index in [1.165, 1.54) is 4.31 Å². The number of carbonyl (C=O) groups excluding carboxylic acids is 2. The third-order valence-corrected chi connectivity index (χ3v) is 10.0. The SMILES string of the molecule is CN(Cc1ccccc1)C(=O)CN1CN(c2ccccc2)C2(CCN(S(=O)(=O)c3ccc(Br)cc3)CC2)C1=O. The summed E-state index contributed by atoms with van der Waals surface area (Å²) in [5, 5.41) is 0. The van der Waals surface area contributed by atoms with E-state index in [4.69, 9.17) is 0 Å². The second kappa shape index (κ2) is 11.1. The highest BCUT2D eigenvalue weighted by atomic mass is 79.9.